The molecule has 1 aliphatic carbocycles. The Morgan fingerprint density at radius 1 is 1.42 bits per heavy atom. The van der Waals surface area contributed by atoms with Gasteiger partial charge in [-0.05, 0) is 50.8 Å². The molecule has 0 radical (unpaired) electrons. The number of rotatable bonds is 5. The maximum atomic E-state index is 12.7. The van der Waals surface area contributed by atoms with Crippen molar-refractivity contribution in [3.63, 3.8) is 0 Å². The topological polar surface area (TPSA) is 37.4 Å². The highest BCUT2D eigenvalue weighted by molar-refractivity contribution is 9.10. The van der Waals surface area contributed by atoms with Gasteiger partial charge < -0.3 is 0 Å². The van der Waals surface area contributed by atoms with Crippen LogP contribution in [-0.2, 0) is 10.0 Å². The average molecular weight is 367 g/mol. The van der Waals surface area contributed by atoms with Crippen molar-refractivity contribution in [2.24, 2.45) is 5.92 Å². The Hall–Kier alpha value is -0.100. The first-order chi connectivity index (χ1) is 8.82. The van der Waals surface area contributed by atoms with Gasteiger partial charge in [-0.3, -0.25) is 0 Å². The molecule has 106 valence electrons. The van der Waals surface area contributed by atoms with Crippen molar-refractivity contribution in [1.82, 2.24) is 4.31 Å². The third-order valence-electron chi connectivity index (χ3n) is 3.19. The second kappa shape index (κ2) is 5.72. The maximum absolute atomic E-state index is 12.7. The van der Waals surface area contributed by atoms with Crippen molar-refractivity contribution in [3.8, 4) is 0 Å². The number of halogens is 2. The molecule has 0 amide bonds. The van der Waals surface area contributed by atoms with Crippen LogP contribution in [0.5, 0.6) is 0 Å². The van der Waals surface area contributed by atoms with Crippen molar-refractivity contribution < 1.29 is 8.42 Å². The summed E-state index contributed by atoms with van der Waals surface area (Å²) in [6.45, 7) is 4.38. The van der Waals surface area contributed by atoms with E-state index in [9.17, 15) is 8.42 Å². The van der Waals surface area contributed by atoms with Gasteiger partial charge in [0.1, 0.15) is 4.90 Å². The molecule has 1 fully saturated rings. The van der Waals surface area contributed by atoms with E-state index in [0.717, 1.165) is 17.3 Å². The maximum Gasteiger partial charge on any atom is 0.244 e. The summed E-state index contributed by atoms with van der Waals surface area (Å²) < 4.78 is 27.7. The zero-order valence-electron chi connectivity index (χ0n) is 10.9. The third kappa shape index (κ3) is 3.51. The Kier molecular flexibility index (Phi) is 4.60. The van der Waals surface area contributed by atoms with Crippen LogP contribution in [0.15, 0.2) is 27.6 Å². The van der Waals surface area contributed by atoms with Gasteiger partial charge in [-0.2, -0.15) is 4.31 Å². The van der Waals surface area contributed by atoms with Gasteiger partial charge in [0.25, 0.3) is 0 Å². The molecule has 0 bridgehead atoms. The fourth-order valence-electron chi connectivity index (χ4n) is 1.95. The average Bonchev–Trinajstić information content (AvgIpc) is 3.08. The van der Waals surface area contributed by atoms with Gasteiger partial charge in [0, 0.05) is 17.1 Å². The highest BCUT2D eigenvalue weighted by Crippen LogP contribution is 2.34. The van der Waals surface area contributed by atoms with Crippen molar-refractivity contribution in [1.29, 1.82) is 0 Å². The molecule has 19 heavy (non-hydrogen) atoms. The molecule has 6 heteroatoms. The van der Waals surface area contributed by atoms with Gasteiger partial charge in [0.2, 0.25) is 10.0 Å². The zero-order valence-corrected chi connectivity index (χ0v) is 14.1. The predicted octanol–water partition coefficient (Wildman–Crippen LogP) is 3.91. The van der Waals surface area contributed by atoms with E-state index >= 15 is 0 Å². The van der Waals surface area contributed by atoms with E-state index in [4.69, 9.17) is 11.6 Å². The van der Waals surface area contributed by atoms with Crippen LogP contribution in [0, 0.1) is 5.92 Å². The minimum absolute atomic E-state index is 0.0645. The molecule has 0 atom stereocenters. The van der Waals surface area contributed by atoms with Crippen molar-refractivity contribution in [2.75, 3.05) is 6.54 Å². The first-order valence-corrected chi connectivity index (χ1v) is 8.90. The molecule has 2 rings (SSSR count). The van der Waals surface area contributed by atoms with Gasteiger partial charge in [-0.1, -0.05) is 27.5 Å². The van der Waals surface area contributed by atoms with Crippen LogP contribution in [0.4, 0.5) is 0 Å². The summed E-state index contributed by atoms with van der Waals surface area (Å²) in [5, 5.41) is 0.260. The lowest BCUT2D eigenvalue weighted by Gasteiger charge is -2.26. The highest BCUT2D eigenvalue weighted by atomic mass is 79.9. The predicted molar refractivity (Wildman–Crippen MR) is 80.9 cm³/mol. The molecule has 0 N–H and O–H groups in total. The Morgan fingerprint density at radius 3 is 2.53 bits per heavy atom. The smallest absolute Gasteiger partial charge is 0.207 e. The van der Waals surface area contributed by atoms with Crippen LogP contribution in [0.2, 0.25) is 5.02 Å². The van der Waals surface area contributed by atoms with Crippen LogP contribution < -0.4 is 0 Å². The lowest BCUT2D eigenvalue weighted by atomic mass is 10.3. The van der Waals surface area contributed by atoms with Crippen LogP contribution in [-0.4, -0.2) is 25.3 Å². The van der Waals surface area contributed by atoms with Crippen LogP contribution >= 0.6 is 27.5 Å². The summed E-state index contributed by atoms with van der Waals surface area (Å²) in [7, 11) is -3.52. The molecular formula is C13H17BrClNO2S. The van der Waals surface area contributed by atoms with E-state index in [2.05, 4.69) is 15.9 Å². The number of sulfonamides is 1. The number of hydrogen-bond donors (Lipinski definition) is 0. The van der Waals surface area contributed by atoms with Gasteiger partial charge in [0.05, 0.1) is 5.02 Å². The van der Waals surface area contributed by atoms with Gasteiger partial charge in [-0.25, -0.2) is 8.42 Å². The van der Waals surface area contributed by atoms with E-state index in [1.54, 1.807) is 22.5 Å². The summed E-state index contributed by atoms with van der Waals surface area (Å²) in [6, 6.07) is 4.81. The summed E-state index contributed by atoms with van der Waals surface area (Å²) >= 11 is 9.37. The highest BCUT2D eigenvalue weighted by Gasteiger charge is 2.34. The normalized spacial score (nSPS) is 16.3. The lowest BCUT2D eigenvalue weighted by molar-refractivity contribution is 0.342. The standard InChI is InChI=1S/C13H17BrClNO2S/c1-9(2)16(8-10-3-4-10)19(17,18)13-6-5-11(14)7-12(13)15/h5-7,9-10H,3-4,8H2,1-2H3. The van der Waals surface area contributed by atoms with Crippen molar-refractivity contribution >= 4 is 37.6 Å². The molecule has 1 saturated carbocycles. The molecule has 1 aromatic rings. The minimum Gasteiger partial charge on any atom is -0.207 e. The quantitative estimate of drug-likeness (QED) is 0.792. The Morgan fingerprint density at radius 2 is 2.05 bits per heavy atom. The zero-order chi connectivity index (χ0) is 14.2. The molecular weight excluding hydrogens is 350 g/mol. The molecule has 1 aliphatic rings. The Bertz CT molecular complexity index is 570. The fourth-order valence-corrected chi connectivity index (χ4v) is 4.68. The molecule has 0 unspecified atom stereocenters. The minimum atomic E-state index is -3.52. The van der Waals surface area contributed by atoms with Gasteiger partial charge >= 0.3 is 0 Å². The van der Waals surface area contributed by atoms with Crippen LogP contribution in [0.3, 0.4) is 0 Å². The fraction of sp³-hybridized carbons (Fsp3) is 0.538. The Labute approximate surface area is 128 Å². The first-order valence-electron chi connectivity index (χ1n) is 6.29. The van der Waals surface area contributed by atoms with Crippen molar-refractivity contribution in [3.05, 3.63) is 27.7 Å². The molecule has 0 aromatic heterocycles. The van der Waals surface area contributed by atoms with E-state index < -0.39 is 10.0 Å². The monoisotopic (exact) mass is 365 g/mol. The SMILES string of the molecule is CC(C)N(CC1CC1)S(=O)(=O)c1ccc(Br)cc1Cl. The van der Waals surface area contributed by atoms with Gasteiger partial charge in [0.15, 0.2) is 0 Å². The largest absolute Gasteiger partial charge is 0.244 e. The summed E-state index contributed by atoms with van der Waals surface area (Å²) in [4.78, 5) is 0.187. The number of nitrogens with zero attached hydrogens (tertiary/aromatic N) is 1. The van der Waals surface area contributed by atoms with Crippen LogP contribution in [0.25, 0.3) is 0 Å². The third-order valence-corrected chi connectivity index (χ3v) is 6.21. The summed E-state index contributed by atoms with van der Waals surface area (Å²) in [6.07, 6.45) is 2.24. The van der Waals surface area contributed by atoms with E-state index in [-0.39, 0.29) is 16.0 Å². The first kappa shape index (κ1) is 15.3. The number of benzene rings is 1. The van der Waals surface area contributed by atoms with E-state index in [1.165, 1.54) is 0 Å². The second-order valence-corrected chi connectivity index (χ2v) is 8.37. The van der Waals surface area contributed by atoms with Crippen LogP contribution in [0.1, 0.15) is 26.7 Å². The lowest BCUT2D eigenvalue weighted by Crippen LogP contribution is -2.38. The van der Waals surface area contributed by atoms with Crippen molar-refractivity contribution in [2.45, 2.75) is 37.6 Å². The Balaban J connectivity index is 2.37. The summed E-state index contributed by atoms with van der Waals surface area (Å²) in [5.74, 6) is 0.506. The number of hydrogen-bond acceptors (Lipinski definition) is 2. The molecule has 0 heterocycles. The van der Waals surface area contributed by atoms with E-state index in [0.29, 0.717) is 12.5 Å². The molecule has 0 saturated heterocycles. The molecule has 1 aromatic carbocycles. The molecule has 3 nitrogen and oxygen atoms in total. The summed E-state index contributed by atoms with van der Waals surface area (Å²) in [5.41, 5.74) is 0. The second-order valence-electron chi connectivity index (χ2n) is 5.19. The molecule has 0 aliphatic heterocycles. The molecule has 0 spiro atoms. The van der Waals surface area contributed by atoms with Gasteiger partial charge in [-0.15, -0.1) is 0 Å². The van der Waals surface area contributed by atoms with E-state index in [1.807, 2.05) is 13.8 Å².